The third-order valence-electron chi connectivity index (χ3n) is 5.48. The largest absolute Gasteiger partial charge is 0.416 e. The molecule has 0 aliphatic heterocycles. The summed E-state index contributed by atoms with van der Waals surface area (Å²) >= 11 is 1.67. The van der Waals surface area contributed by atoms with E-state index in [0.717, 1.165) is 51.9 Å². The number of hydrogen-bond acceptors (Lipinski definition) is 4. The van der Waals surface area contributed by atoms with Crippen molar-refractivity contribution >= 4 is 18.0 Å². The highest BCUT2D eigenvalue weighted by molar-refractivity contribution is 7.98. The quantitative estimate of drug-likeness (QED) is 0.214. The van der Waals surface area contributed by atoms with Crippen LogP contribution in [-0.4, -0.2) is 24.6 Å². The smallest absolute Gasteiger partial charge is 0.314 e. The van der Waals surface area contributed by atoms with Gasteiger partial charge < -0.3 is 5.32 Å². The minimum absolute atomic E-state index is 0.641. The molecule has 0 aliphatic rings. The van der Waals surface area contributed by atoms with Crippen molar-refractivity contribution in [3.63, 3.8) is 0 Å². The van der Waals surface area contributed by atoms with E-state index < -0.39 is 11.7 Å². The van der Waals surface area contributed by atoms with Crippen LogP contribution in [0.15, 0.2) is 90.0 Å². The van der Waals surface area contributed by atoms with Crippen LogP contribution in [0.3, 0.4) is 0 Å². The molecular weight excluding hydrogens is 481 g/mol. The second-order valence-electron chi connectivity index (χ2n) is 8.07. The number of hydrogen-bond donors (Lipinski definition) is 1. The van der Waals surface area contributed by atoms with Gasteiger partial charge in [-0.15, -0.1) is 11.8 Å². The fraction of sp³-hybridized carbons (Fsp3) is 0.172. The van der Waals surface area contributed by atoms with Crippen molar-refractivity contribution in [1.82, 2.24) is 10.3 Å². The molecule has 0 atom stereocenters. The van der Waals surface area contributed by atoms with Gasteiger partial charge in [0, 0.05) is 23.2 Å². The van der Waals surface area contributed by atoms with Crippen LogP contribution < -0.4 is 5.32 Å². The number of nitrogens with zero attached hydrogens (tertiary/aromatic N) is 1. The molecule has 1 aromatic heterocycles. The van der Waals surface area contributed by atoms with Crippen LogP contribution in [-0.2, 0) is 12.7 Å². The van der Waals surface area contributed by atoms with Gasteiger partial charge in [0.1, 0.15) is 6.29 Å². The summed E-state index contributed by atoms with van der Waals surface area (Å²) in [7, 11) is 1.86. The minimum atomic E-state index is -4.32. The first-order valence-electron chi connectivity index (χ1n) is 11.2. The number of nitrogens with one attached hydrogen (secondary N) is 1. The summed E-state index contributed by atoms with van der Waals surface area (Å²) in [6.45, 7) is 2.72. The topological polar surface area (TPSA) is 42.0 Å². The van der Waals surface area contributed by atoms with Gasteiger partial charge in [-0.1, -0.05) is 42.5 Å². The molecule has 3 aromatic carbocycles. The molecule has 36 heavy (non-hydrogen) atoms. The number of carbonyl (C=O) groups excluding carboxylic acids is 1. The molecule has 3 nitrogen and oxygen atoms in total. The summed E-state index contributed by atoms with van der Waals surface area (Å²) in [6, 6.07) is 22.6. The number of benzene rings is 3. The maximum atomic E-state index is 12.7. The van der Waals surface area contributed by atoms with E-state index in [0.29, 0.717) is 6.54 Å². The Labute approximate surface area is 213 Å². The zero-order valence-electron chi connectivity index (χ0n) is 20.3. The molecule has 0 saturated heterocycles. The Hall–Kier alpha value is -3.42. The number of pyridine rings is 1. The first kappa shape index (κ1) is 27.2. The molecule has 7 heteroatoms. The first-order chi connectivity index (χ1) is 17.2. The molecule has 0 aliphatic carbocycles. The normalized spacial score (nSPS) is 10.9. The molecule has 0 spiro atoms. The number of aromatic nitrogens is 1. The highest BCUT2D eigenvalue weighted by Crippen LogP contribution is 2.32. The van der Waals surface area contributed by atoms with Gasteiger partial charge in [-0.2, -0.15) is 13.2 Å². The van der Waals surface area contributed by atoms with E-state index in [1.54, 1.807) is 18.0 Å². The summed E-state index contributed by atoms with van der Waals surface area (Å²) in [5.41, 5.74) is 5.91. The van der Waals surface area contributed by atoms with Crippen molar-refractivity contribution in [3.05, 3.63) is 107 Å². The second-order valence-corrected chi connectivity index (χ2v) is 8.92. The Morgan fingerprint density at radius 1 is 0.889 bits per heavy atom. The van der Waals surface area contributed by atoms with Gasteiger partial charge in [-0.3, -0.25) is 9.78 Å². The SMILES string of the molecule is CNCc1cc(-c2cccc(-c3ccc(C(F)(F)F)cc3)c2)ccn1.CSc1cc(C=O)ccc1C. The number of carbonyl (C=O) groups is 1. The van der Waals surface area contributed by atoms with Crippen molar-refractivity contribution in [1.29, 1.82) is 0 Å². The van der Waals surface area contributed by atoms with Crippen LogP contribution in [0, 0.1) is 6.92 Å². The molecular formula is C29H27F3N2OS. The molecule has 0 bridgehead atoms. The minimum Gasteiger partial charge on any atom is -0.314 e. The van der Waals surface area contributed by atoms with Crippen LogP contribution >= 0.6 is 11.8 Å². The Bertz CT molecular complexity index is 1300. The Morgan fingerprint density at radius 2 is 1.56 bits per heavy atom. The zero-order valence-corrected chi connectivity index (χ0v) is 21.1. The van der Waals surface area contributed by atoms with E-state index >= 15 is 0 Å². The lowest BCUT2D eigenvalue weighted by Gasteiger charge is -2.09. The van der Waals surface area contributed by atoms with Crippen LogP contribution in [0.1, 0.15) is 27.2 Å². The number of aryl methyl sites for hydroxylation is 1. The van der Waals surface area contributed by atoms with Crippen LogP contribution in [0.2, 0.25) is 0 Å². The van der Waals surface area contributed by atoms with E-state index in [1.807, 2.05) is 74.8 Å². The van der Waals surface area contributed by atoms with E-state index in [-0.39, 0.29) is 0 Å². The number of halogens is 3. The first-order valence-corrected chi connectivity index (χ1v) is 12.4. The predicted octanol–water partition coefficient (Wildman–Crippen LogP) is 7.68. The van der Waals surface area contributed by atoms with Gasteiger partial charge in [0.25, 0.3) is 0 Å². The summed E-state index contributed by atoms with van der Waals surface area (Å²) in [5, 5.41) is 3.06. The summed E-state index contributed by atoms with van der Waals surface area (Å²) in [4.78, 5) is 15.9. The lowest BCUT2D eigenvalue weighted by molar-refractivity contribution is -0.137. The number of alkyl halides is 3. The molecule has 0 amide bonds. The van der Waals surface area contributed by atoms with E-state index in [1.165, 1.54) is 22.6 Å². The lowest BCUT2D eigenvalue weighted by Crippen LogP contribution is -2.06. The number of aldehydes is 1. The Balaban J connectivity index is 0.000000275. The summed E-state index contributed by atoms with van der Waals surface area (Å²) in [6.07, 6.45) is 0.323. The molecule has 186 valence electrons. The van der Waals surface area contributed by atoms with Crippen molar-refractivity contribution in [3.8, 4) is 22.3 Å². The highest BCUT2D eigenvalue weighted by atomic mass is 32.2. The maximum absolute atomic E-state index is 12.7. The number of thioether (sulfide) groups is 1. The Kier molecular flexibility index (Phi) is 9.44. The van der Waals surface area contributed by atoms with Gasteiger partial charge >= 0.3 is 6.18 Å². The third-order valence-corrected chi connectivity index (χ3v) is 6.36. The molecule has 0 radical (unpaired) electrons. The van der Waals surface area contributed by atoms with Crippen LogP contribution in [0.5, 0.6) is 0 Å². The summed E-state index contributed by atoms with van der Waals surface area (Å²) in [5.74, 6) is 0. The average Bonchev–Trinajstić information content (AvgIpc) is 2.89. The fourth-order valence-corrected chi connectivity index (χ4v) is 4.22. The van der Waals surface area contributed by atoms with Gasteiger partial charge in [0.2, 0.25) is 0 Å². The monoisotopic (exact) mass is 508 g/mol. The standard InChI is InChI=1S/C20H17F3N2.C9H10OS/c1-24-13-19-12-17(9-10-25-19)16-4-2-3-15(11-16)14-5-7-18(8-6-14)20(21,22)23;1-7-3-4-8(6-10)5-9(7)11-2/h2-12,24H,13H2,1H3;3-6H,1-2H3. The Morgan fingerprint density at radius 3 is 2.17 bits per heavy atom. The van der Waals surface area contributed by atoms with E-state index in [9.17, 15) is 18.0 Å². The molecule has 4 rings (SSSR count). The average molecular weight is 509 g/mol. The van der Waals surface area contributed by atoms with Gasteiger partial charge in [-0.05, 0) is 84.4 Å². The fourth-order valence-electron chi connectivity index (χ4n) is 3.58. The molecule has 4 aromatic rings. The second kappa shape index (κ2) is 12.5. The van der Waals surface area contributed by atoms with Crippen LogP contribution in [0.4, 0.5) is 13.2 Å². The van der Waals surface area contributed by atoms with Crippen molar-refractivity contribution in [2.75, 3.05) is 13.3 Å². The molecule has 0 fully saturated rings. The van der Waals surface area contributed by atoms with E-state index in [4.69, 9.17) is 0 Å². The highest BCUT2D eigenvalue weighted by Gasteiger charge is 2.29. The van der Waals surface area contributed by atoms with Gasteiger partial charge in [0.15, 0.2) is 0 Å². The van der Waals surface area contributed by atoms with Crippen molar-refractivity contribution < 1.29 is 18.0 Å². The molecule has 0 saturated carbocycles. The molecule has 1 heterocycles. The number of rotatable bonds is 6. The van der Waals surface area contributed by atoms with Crippen molar-refractivity contribution in [2.24, 2.45) is 0 Å². The summed E-state index contributed by atoms with van der Waals surface area (Å²) < 4.78 is 38.1. The zero-order chi connectivity index (χ0) is 26.1. The predicted molar refractivity (Wildman–Crippen MR) is 141 cm³/mol. The van der Waals surface area contributed by atoms with Gasteiger partial charge in [0.05, 0.1) is 11.3 Å². The molecule has 0 unspecified atom stereocenters. The van der Waals surface area contributed by atoms with Crippen molar-refractivity contribution in [2.45, 2.75) is 24.5 Å². The van der Waals surface area contributed by atoms with Gasteiger partial charge in [-0.25, -0.2) is 0 Å². The maximum Gasteiger partial charge on any atom is 0.416 e. The lowest BCUT2D eigenvalue weighted by atomic mass is 9.98. The van der Waals surface area contributed by atoms with E-state index in [2.05, 4.69) is 10.3 Å². The molecule has 1 N–H and O–H groups in total. The van der Waals surface area contributed by atoms with Crippen LogP contribution in [0.25, 0.3) is 22.3 Å². The third kappa shape index (κ3) is 7.29.